The van der Waals surface area contributed by atoms with Crippen molar-refractivity contribution in [3.05, 3.63) is 45.0 Å². The lowest BCUT2D eigenvalue weighted by molar-refractivity contribution is -0.384. The van der Waals surface area contributed by atoms with Crippen LogP contribution in [0, 0.1) is 10.1 Å². The molecule has 1 aromatic heterocycles. The topological polar surface area (TPSA) is 98.0 Å². The number of nitro groups is 1. The number of hydrogen-bond acceptors (Lipinski definition) is 6. The van der Waals surface area contributed by atoms with Crippen molar-refractivity contribution in [1.82, 2.24) is 10.2 Å². The molecule has 2 aromatic rings. The Balaban J connectivity index is 1.89. The molecule has 0 saturated carbocycles. The number of anilines is 1. The summed E-state index contributed by atoms with van der Waals surface area (Å²) in [5.74, 6) is -0.216. The Bertz CT molecular complexity index is 654. The first-order chi connectivity index (χ1) is 10.6. The maximum absolute atomic E-state index is 11.9. The molecule has 0 saturated heterocycles. The summed E-state index contributed by atoms with van der Waals surface area (Å²) in [5.41, 5.74) is 0.715. The van der Waals surface area contributed by atoms with E-state index in [0.717, 1.165) is 24.3 Å². The molecule has 1 N–H and O–H groups in total. The Morgan fingerprint density at radius 1 is 1.32 bits per heavy atom. The zero-order chi connectivity index (χ0) is 15.9. The van der Waals surface area contributed by atoms with Crippen LogP contribution in [0.15, 0.2) is 24.3 Å². The Hall–Kier alpha value is -2.35. The van der Waals surface area contributed by atoms with E-state index in [1.165, 1.54) is 23.5 Å². The molecule has 116 valence electrons. The second-order valence-corrected chi connectivity index (χ2v) is 5.82. The van der Waals surface area contributed by atoms with Crippen LogP contribution in [0.3, 0.4) is 0 Å². The van der Waals surface area contributed by atoms with Crippen LogP contribution in [0.5, 0.6) is 0 Å². The second-order valence-electron chi connectivity index (χ2n) is 4.75. The lowest BCUT2D eigenvalue weighted by atomic mass is 10.1. The van der Waals surface area contributed by atoms with E-state index in [1.807, 2.05) is 0 Å². The highest BCUT2D eigenvalue weighted by atomic mass is 32.1. The molecule has 0 aliphatic heterocycles. The molecule has 0 spiro atoms. The first-order valence-electron chi connectivity index (χ1n) is 6.94. The number of carbonyl (C=O) groups is 1. The van der Waals surface area contributed by atoms with Gasteiger partial charge in [-0.15, -0.1) is 10.2 Å². The normalized spacial score (nSPS) is 10.4. The molecule has 0 bridgehead atoms. The van der Waals surface area contributed by atoms with Gasteiger partial charge in [0.25, 0.3) is 5.69 Å². The number of unbranched alkanes of at least 4 members (excludes halogenated alkanes) is 1. The summed E-state index contributed by atoms with van der Waals surface area (Å²) in [6.45, 7) is 2.11. The summed E-state index contributed by atoms with van der Waals surface area (Å²) in [7, 11) is 0. The smallest absolute Gasteiger partial charge is 0.269 e. The minimum atomic E-state index is -0.469. The van der Waals surface area contributed by atoms with Crippen molar-refractivity contribution in [1.29, 1.82) is 0 Å². The Labute approximate surface area is 131 Å². The van der Waals surface area contributed by atoms with E-state index in [0.29, 0.717) is 10.7 Å². The van der Waals surface area contributed by atoms with Gasteiger partial charge < -0.3 is 5.32 Å². The number of hydrogen-bond donors (Lipinski definition) is 1. The maximum atomic E-state index is 11.9. The zero-order valence-corrected chi connectivity index (χ0v) is 12.9. The van der Waals surface area contributed by atoms with Gasteiger partial charge >= 0.3 is 0 Å². The second kappa shape index (κ2) is 7.60. The molecule has 8 heteroatoms. The average molecular weight is 320 g/mol. The van der Waals surface area contributed by atoms with Crippen LogP contribution in [-0.4, -0.2) is 21.0 Å². The molecule has 1 amide bonds. The lowest BCUT2D eigenvalue weighted by Gasteiger charge is -2.01. The first kappa shape index (κ1) is 16.0. The fourth-order valence-electron chi connectivity index (χ4n) is 1.82. The van der Waals surface area contributed by atoms with Gasteiger partial charge in [0.05, 0.1) is 11.3 Å². The number of aryl methyl sites for hydroxylation is 1. The summed E-state index contributed by atoms with van der Waals surface area (Å²) in [6, 6.07) is 5.92. The third-order valence-corrected chi connectivity index (χ3v) is 3.87. The van der Waals surface area contributed by atoms with Crippen LogP contribution >= 0.6 is 11.3 Å². The molecule has 0 atom stereocenters. The molecular weight excluding hydrogens is 304 g/mol. The van der Waals surface area contributed by atoms with Gasteiger partial charge in [-0.3, -0.25) is 14.9 Å². The molecule has 0 fully saturated rings. The Morgan fingerprint density at radius 2 is 2.05 bits per heavy atom. The molecule has 0 radical (unpaired) electrons. The third-order valence-electron chi connectivity index (χ3n) is 2.97. The van der Waals surface area contributed by atoms with Crippen LogP contribution < -0.4 is 5.32 Å². The number of aromatic nitrogens is 2. The van der Waals surface area contributed by atoms with Gasteiger partial charge in [0.15, 0.2) is 0 Å². The molecule has 22 heavy (non-hydrogen) atoms. The summed E-state index contributed by atoms with van der Waals surface area (Å²) < 4.78 is 0. The van der Waals surface area contributed by atoms with Gasteiger partial charge in [-0.05, 0) is 12.0 Å². The summed E-state index contributed by atoms with van der Waals surface area (Å²) in [4.78, 5) is 22.0. The summed E-state index contributed by atoms with van der Waals surface area (Å²) >= 11 is 1.37. The fraction of sp³-hybridized carbons (Fsp3) is 0.357. The molecule has 0 unspecified atom stereocenters. The van der Waals surface area contributed by atoms with E-state index in [9.17, 15) is 14.9 Å². The molecule has 1 aromatic carbocycles. The lowest BCUT2D eigenvalue weighted by Crippen LogP contribution is -2.14. The number of nitrogens with zero attached hydrogens (tertiary/aromatic N) is 3. The number of nitrogens with one attached hydrogen (secondary N) is 1. The quantitative estimate of drug-likeness (QED) is 0.624. The molecule has 1 heterocycles. The highest BCUT2D eigenvalue weighted by Crippen LogP contribution is 2.18. The average Bonchev–Trinajstić information content (AvgIpc) is 2.93. The van der Waals surface area contributed by atoms with Crippen LogP contribution in [0.2, 0.25) is 0 Å². The number of amides is 1. The van der Waals surface area contributed by atoms with E-state index in [4.69, 9.17) is 0 Å². The van der Waals surface area contributed by atoms with Crippen molar-refractivity contribution >= 4 is 28.1 Å². The number of carbonyl (C=O) groups excluding carboxylic acids is 1. The minimum Gasteiger partial charge on any atom is -0.300 e. The van der Waals surface area contributed by atoms with Crippen molar-refractivity contribution in [2.24, 2.45) is 0 Å². The molecule has 0 aliphatic carbocycles. The molecule has 7 nitrogen and oxygen atoms in total. The van der Waals surface area contributed by atoms with Gasteiger partial charge in [0, 0.05) is 18.6 Å². The monoisotopic (exact) mass is 320 g/mol. The number of non-ortho nitro benzene ring substituents is 1. The van der Waals surface area contributed by atoms with Gasteiger partial charge in [-0.2, -0.15) is 0 Å². The SMILES string of the molecule is CCCCc1nnc(NC(=O)Cc2ccc([N+](=O)[O-])cc2)s1. The van der Waals surface area contributed by atoms with E-state index < -0.39 is 4.92 Å². The molecule has 2 rings (SSSR count). The van der Waals surface area contributed by atoms with E-state index >= 15 is 0 Å². The predicted octanol–water partition coefficient (Wildman–Crippen LogP) is 2.97. The van der Waals surface area contributed by atoms with Gasteiger partial charge in [-0.25, -0.2) is 0 Å². The standard InChI is InChI=1S/C14H16N4O3S/c1-2-3-4-13-16-17-14(22-13)15-12(19)9-10-5-7-11(8-6-10)18(20)21/h5-8H,2-4,9H2,1H3,(H,15,17,19). The van der Waals surface area contributed by atoms with Crippen LogP contribution in [-0.2, 0) is 17.6 Å². The zero-order valence-electron chi connectivity index (χ0n) is 12.1. The van der Waals surface area contributed by atoms with Gasteiger partial charge in [-0.1, -0.05) is 36.8 Å². The van der Waals surface area contributed by atoms with Crippen molar-refractivity contribution in [2.75, 3.05) is 5.32 Å². The van der Waals surface area contributed by atoms with Crippen LogP contribution in [0.4, 0.5) is 10.8 Å². The fourth-order valence-corrected chi connectivity index (χ4v) is 2.62. The minimum absolute atomic E-state index is 0.00819. The highest BCUT2D eigenvalue weighted by molar-refractivity contribution is 7.15. The third kappa shape index (κ3) is 4.59. The van der Waals surface area contributed by atoms with Crippen molar-refractivity contribution in [3.8, 4) is 0 Å². The number of nitro benzene ring substituents is 1. The van der Waals surface area contributed by atoms with Gasteiger partial charge in [0.1, 0.15) is 5.01 Å². The largest absolute Gasteiger partial charge is 0.300 e. The van der Waals surface area contributed by atoms with E-state index in [2.05, 4.69) is 22.4 Å². The maximum Gasteiger partial charge on any atom is 0.269 e. The van der Waals surface area contributed by atoms with Crippen molar-refractivity contribution < 1.29 is 9.72 Å². The van der Waals surface area contributed by atoms with Crippen LogP contribution in [0.1, 0.15) is 30.3 Å². The first-order valence-corrected chi connectivity index (χ1v) is 7.75. The van der Waals surface area contributed by atoms with Crippen molar-refractivity contribution in [2.45, 2.75) is 32.6 Å². The molecular formula is C14H16N4O3S. The summed E-state index contributed by atoms with van der Waals surface area (Å²) in [6.07, 6.45) is 3.14. The molecule has 0 aliphatic rings. The van der Waals surface area contributed by atoms with Gasteiger partial charge in [0.2, 0.25) is 11.0 Å². The van der Waals surface area contributed by atoms with Crippen LogP contribution in [0.25, 0.3) is 0 Å². The number of rotatable bonds is 7. The van der Waals surface area contributed by atoms with E-state index in [1.54, 1.807) is 12.1 Å². The van der Waals surface area contributed by atoms with Crippen molar-refractivity contribution in [3.63, 3.8) is 0 Å². The Kier molecular flexibility index (Phi) is 5.54. The van der Waals surface area contributed by atoms with E-state index in [-0.39, 0.29) is 18.0 Å². The number of benzene rings is 1. The predicted molar refractivity (Wildman–Crippen MR) is 84.0 cm³/mol. The summed E-state index contributed by atoms with van der Waals surface area (Å²) in [5, 5.41) is 22.6. The Morgan fingerprint density at radius 3 is 2.68 bits per heavy atom. The highest BCUT2D eigenvalue weighted by Gasteiger charge is 2.10.